The number of ketones is 1. The summed E-state index contributed by atoms with van der Waals surface area (Å²) in [4.78, 5) is 26.4. The Bertz CT molecular complexity index is 876. The minimum atomic E-state index is -0.275. The number of ether oxygens (including phenoxy) is 1. The van der Waals surface area contributed by atoms with Crippen LogP contribution in [0, 0.1) is 0 Å². The van der Waals surface area contributed by atoms with E-state index in [2.05, 4.69) is 6.92 Å². The largest absolute Gasteiger partial charge is 0.455 e. The summed E-state index contributed by atoms with van der Waals surface area (Å²) in [5, 5.41) is 0.515. The summed E-state index contributed by atoms with van der Waals surface area (Å²) < 4.78 is 5.99. The van der Waals surface area contributed by atoms with E-state index in [-0.39, 0.29) is 11.7 Å². The molecule has 0 bridgehead atoms. The predicted octanol–water partition coefficient (Wildman–Crippen LogP) is 5.68. The van der Waals surface area contributed by atoms with Gasteiger partial charge in [-0.2, -0.15) is 0 Å². The van der Waals surface area contributed by atoms with Crippen molar-refractivity contribution in [1.82, 2.24) is 0 Å². The summed E-state index contributed by atoms with van der Waals surface area (Å²) in [6.45, 7) is 2.43. The van der Waals surface area contributed by atoms with Gasteiger partial charge in [-0.3, -0.25) is 9.59 Å². The van der Waals surface area contributed by atoms with E-state index in [4.69, 9.17) is 16.3 Å². The molecule has 2 aromatic carbocycles. The normalized spacial score (nSPS) is 12.9. The van der Waals surface area contributed by atoms with E-state index in [0.29, 0.717) is 35.2 Å². The van der Waals surface area contributed by atoms with E-state index in [0.717, 1.165) is 24.8 Å². The smallest absolute Gasteiger partial charge is 0.251 e. The lowest BCUT2D eigenvalue weighted by atomic mass is 10.1. The highest BCUT2D eigenvalue weighted by Gasteiger charge is 2.24. The van der Waals surface area contributed by atoms with Crippen molar-refractivity contribution in [2.24, 2.45) is 0 Å². The summed E-state index contributed by atoms with van der Waals surface area (Å²) in [7, 11) is 0. The Morgan fingerprint density at radius 2 is 1.93 bits per heavy atom. The molecule has 1 heterocycles. The number of hydrogen-bond donors (Lipinski definition) is 0. The highest BCUT2D eigenvalue weighted by Crippen LogP contribution is 2.40. The number of anilines is 1. The number of fused-ring (bicyclic) bond motifs is 2. The van der Waals surface area contributed by atoms with Crippen molar-refractivity contribution in [1.29, 1.82) is 0 Å². The Hall–Kier alpha value is -2.59. The van der Waals surface area contributed by atoms with Gasteiger partial charge in [0.2, 0.25) is 0 Å². The van der Waals surface area contributed by atoms with Gasteiger partial charge in [-0.05, 0) is 36.8 Å². The molecule has 3 rings (SSSR count). The van der Waals surface area contributed by atoms with Crippen molar-refractivity contribution in [3.8, 4) is 11.5 Å². The Balaban J connectivity index is 1.86. The van der Waals surface area contributed by atoms with Crippen LogP contribution in [0.3, 0.4) is 0 Å². The predicted molar refractivity (Wildman–Crippen MR) is 107 cm³/mol. The van der Waals surface area contributed by atoms with E-state index in [1.165, 1.54) is 12.2 Å². The van der Waals surface area contributed by atoms with E-state index in [1.807, 2.05) is 24.3 Å². The van der Waals surface area contributed by atoms with Crippen LogP contribution in [0.1, 0.15) is 38.2 Å². The monoisotopic (exact) mass is 383 g/mol. The number of rotatable bonds is 6. The molecule has 0 fully saturated rings. The number of para-hydroxylation sites is 1. The van der Waals surface area contributed by atoms with Crippen molar-refractivity contribution >= 4 is 29.0 Å². The number of hydrogen-bond acceptors (Lipinski definition) is 3. The van der Waals surface area contributed by atoms with Gasteiger partial charge in [0.1, 0.15) is 5.75 Å². The molecule has 0 saturated heterocycles. The molecule has 1 aliphatic heterocycles. The zero-order valence-corrected chi connectivity index (χ0v) is 16.0. The molecule has 0 saturated carbocycles. The van der Waals surface area contributed by atoms with Gasteiger partial charge >= 0.3 is 0 Å². The van der Waals surface area contributed by atoms with Crippen LogP contribution in [0.2, 0.25) is 5.02 Å². The first kappa shape index (κ1) is 19.2. The number of benzene rings is 2. The maximum absolute atomic E-state index is 12.9. The summed E-state index contributed by atoms with van der Waals surface area (Å²) in [6.07, 6.45) is 6.09. The zero-order valence-electron chi connectivity index (χ0n) is 15.3. The lowest BCUT2D eigenvalue weighted by Crippen LogP contribution is -2.28. The summed E-state index contributed by atoms with van der Waals surface area (Å²) >= 11 is 6.14. The quantitative estimate of drug-likeness (QED) is 0.476. The van der Waals surface area contributed by atoms with Crippen LogP contribution >= 0.6 is 11.6 Å². The summed E-state index contributed by atoms with van der Waals surface area (Å²) in [5.74, 6) is 0.952. The van der Waals surface area contributed by atoms with Gasteiger partial charge in [-0.1, -0.05) is 49.6 Å². The molecule has 140 valence electrons. The molecule has 0 N–H and O–H groups in total. The van der Waals surface area contributed by atoms with Gasteiger partial charge in [-0.25, -0.2) is 0 Å². The first-order valence-electron chi connectivity index (χ1n) is 9.16. The number of unbranched alkanes of at least 4 members (excludes halogenated alkanes) is 2. The molecule has 0 aromatic heterocycles. The third-order valence-electron chi connectivity index (χ3n) is 4.44. The Morgan fingerprint density at radius 3 is 2.74 bits per heavy atom. The van der Waals surface area contributed by atoms with Crippen molar-refractivity contribution in [3.05, 3.63) is 65.2 Å². The van der Waals surface area contributed by atoms with E-state index in [1.54, 1.807) is 23.1 Å². The highest BCUT2D eigenvalue weighted by molar-refractivity contribution is 6.31. The third-order valence-corrected chi connectivity index (χ3v) is 4.67. The van der Waals surface area contributed by atoms with Crippen molar-refractivity contribution in [3.63, 3.8) is 0 Å². The van der Waals surface area contributed by atoms with Crippen LogP contribution in [0.25, 0.3) is 0 Å². The molecular weight excluding hydrogens is 362 g/mol. The van der Waals surface area contributed by atoms with Crippen LogP contribution in [0.15, 0.2) is 54.6 Å². The number of amides is 1. The van der Waals surface area contributed by atoms with E-state index >= 15 is 0 Å². The molecule has 2 aromatic rings. The van der Waals surface area contributed by atoms with Crippen LogP contribution in [-0.4, -0.2) is 11.7 Å². The van der Waals surface area contributed by atoms with Gasteiger partial charge in [0, 0.05) is 23.1 Å². The fraction of sp³-hybridized carbons (Fsp3) is 0.273. The standard InChI is InChI=1S/C22H22ClNO3/c1-2-3-4-8-18(25)11-13-22(26)24-15-16-7-5-6-9-20(16)27-21-12-10-17(23)14-19(21)24/h5-7,9-14H,2-4,8,15H2,1H3. The van der Waals surface area contributed by atoms with Crippen molar-refractivity contribution in [2.75, 3.05) is 4.90 Å². The second-order valence-electron chi connectivity index (χ2n) is 6.50. The molecule has 4 nitrogen and oxygen atoms in total. The van der Waals surface area contributed by atoms with Gasteiger partial charge in [0.25, 0.3) is 5.91 Å². The van der Waals surface area contributed by atoms with Crippen LogP contribution in [0.5, 0.6) is 11.5 Å². The van der Waals surface area contributed by atoms with Gasteiger partial charge in [0.15, 0.2) is 11.5 Å². The topological polar surface area (TPSA) is 46.6 Å². The van der Waals surface area contributed by atoms with Gasteiger partial charge in [-0.15, -0.1) is 0 Å². The maximum Gasteiger partial charge on any atom is 0.251 e. The van der Waals surface area contributed by atoms with E-state index in [9.17, 15) is 9.59 Å². The molecule has 0 aliphatic carbocycles. The lowest BCUT2D eigenvalue weighted by molar-refractivity contribution is -0.116. The number of halogens is 1. The minimum absolute atomic E-state index is 0.0328. The fourth-order valence-corrected chi connectivity index (χ4v) is 3.15. The fourth-order valence-electron chi connectivity index (χ4n) is 2.98. The first-order chi connectivity index (χ1) is 13.1. The molecule has 1 aliphatic rings. The molecule has 27 heavy (non-hydrogen) atoms. The number of carbonyl (C=O) groups is 2. The summed E-state index contributed by atoms with van der Waals surface area (Å²) in [6, 6.07) is 12.8. The average Bonchev–Trinajstić information content (AvgIpc) is 2.83. The number of carbonyl (C=O) groups excluding carboxylic acids is 2. The maximum atomic E-state index is 12.9. The second kappa shape index (κ2) is 8.87. The van der Waals surface area contributed by atoms with E-state index < -0.39 is 0 Å². The van der Waals surface area contributed by atoms with Gasteiger partial charge in [0.05, 0.1) is 12.2 Å². The Labute approximate surface area is 164 Å². The van der Waals surface area contributed by atoms with Crippen molar-refractivity contribution < 1.29 is 14.3 Å². The molecule has 0 radical (unpaired) electrons. The molecule has 0 unspecified atom stereocenters. The number of nitrogens with zero attached hydrogens (tertiary/aromatic N) is 1. The molecule has 5 heteroatoms. The molecule has 0 atom stereocenters. The van der Waals surface area contributed by atoms with Crippen LogP contribution in [0.4, 0.5) is 5.69 Å². The van der Waals surface area contributed by atoms with Gasteiger partial charge < -0.3 is 9.64 Å². The lowest BCUT2D eigenvalue weighted by Gasteiger charge is -2.20. The third kappa shape index (κ3) is 4.77. The number of allylic oxidation sites excluding steroid dienone is 1. The molecule has 1 amide bonds. The minimum Gasteiger partial charge on any atom is -0.455 e. The Kier molecular flexibility index (Phi) is 6.30. The molecule has 0 spiro atoms. The SMILES string of the molecule is CCCCCC(=O)C=CC(=O)N1Cc2ccccc2Oc2ccc(Cl)cc21. The second-order valence-corrected chi connectivity index (χ2v) is 6.94. The Morgan fingerprint density at radius 1 is 1.11 bits per heavy atom. The average molecular weight is 384 g/mol. The van der Waals surface area contributed by atoms with Crippen molar-refractivity contribution in [2.45, 2.75) is 39.2 Å². The van der Waals surface area contributed by atoms with Crippen LogP contribution in [-0.2, 0) is 16.1 Å². The first-order valence-corrected chi connectivity index (χ1v) is 9.54. The molecular formula is C22H22ClNO3. The highest BCUT2D eigenvalue weighted by atomic mass is 35.5. The zero-order chi connectivity index (χ0) is 19.2. The summed E-state index contributed by atoms with van der Waals surface area (Å²) in [5.41, 5.74) is 1.48. The van der Waals surface area contributed by atoms with Crippen LogP contribution < -0.4 is 9.64 Å².